The van der Waals surface area contributed by atoms with Crippen molar-refractivity contribution in [3.8, 4) is 0 Å². The lowest BCUT2D eigenvalue weighted by atomic mass is 10.00. The molecule has 0 radical (unpaired) electrons. The van der Waals surface area contributed by atoms with Crippen LogP contribution in [0.25, 0.3) is 0 Å². The van der Waals surface area contributed by atoms with E-state index in [9.17, 15) is 4.79 Å². The van der Waals surface area contributed by atoms with Gasteiger partial charge in [0.1, 0.15) is 0 Å². The second-order valence-corrected chi connectivity index (χ2v) is 3.20. The van der Waals surface area contributed by atoms with Gasteiger partial charge in [0, 0.05) is 6.04 Å². The van der Waals surface area contributed by atoms with Crippen LogP contribution < -0.4 is 5.73 Å². The van der Waals surface area contributed by atoms with E-state index in [1.165, 1.54) is 0 Å². The third kappa shape index (κ3) is 0.896. The fourth-order valence-electron chi connectivity index (χ4n) is 1.83. The minimum atomic E-state index is -0.989. The quantitative estimate of drug-likeness (QED) is 0.558. The molecule has 5 heteroatoms. The SMILES string of the molecule is N[C@H]1CC[C@H]2C(C(=O)O)=NO[C@@H]12. The number of fused-ring (bicyclic) bond motifs is 1. The van der Waals surface area contributed by atoms with Gasteiger partial charge in [-0.25, -0.2) is 4.79 Å². The van der Waals surface area contributed by atoms with Crippen LogP contribution in [0.4, 0.5) is 0 Å². The summed E-state index contributed by atoms with van der Waals surface area (Å²) in [5.74, 6) is -1.07. The maximum Gasteiger partial charge on any atom is 0.354 e. The molecule has 2 aliphatic rings. The Morgan fingerprint density at radius 1 is 1.67 bits per heavy atom. The molecule has 5 nitrogen and oxygen atoms in total. The second-order valence-electron chi connectivity index (χ2n) is 3.20. The number of aliphatic carboxylic acids is 1. The highest BCUT2D eigenvalue weighted by Gasteiger charge is 2.45. The van der Waals surface area contributed by atoms with Crippen LogP contribution >= 0.6 is 0 Å². The first-order chi connectivity index (χ1) is 5.70. The first kappa shape index (κ1) is 7.54. The normalized spacial score (nSPS) is 38.8. The summed E-state index contributed by atoms with van der Waals surface area (Å²) >= 11 is 0. The van der Waals surface area contributed by atoms with E-state index >= 15 is 0 Å². The molecule has 1 aliphatic heterocycles. The number of carboxylic acids is 1. The van der Waals surface area contributed by atoms with E-state index in [0.29, 0.717) is 0 Å². The Bertz CT molecular complexity index is 251. The number of hydrogen-bond acceptors (Lipinski definition) is 4. The molecule has 66 valence electrons. The number of oxime groups is 1. The Morgan fingerprint density at radius 3 is 3.08 bits per heavy atom. The van der Waals surface area contributed by atoms with Gasteiger partial charge in [-0.2, -0.15) is 0 Å². The van der Waals surface area contributed by atoms with Crippen LogP contribution in [0.5, 0.6) is 0 Å². The third-order valence-corrected chi connectivity index (χ3v) is 2.47. The van der Waals surface area contributed by atoms with Gasteiger partial charge in [-0.1, -0.05) is 5.16 Å². The number of nitrogens with two attached hydrogens (primary N) is 1. The molecule has 0 aromatic rings. The zero-order chi connectivity index (χ0) is 8.72. The lowest BCUT2D eigenvalue weighted by Crippen LogP contribution is -2.34. The number of carbonyl (C=O) groups is 1. The highest BCUT2D eigenvalue weighted by molar-refractivity contribution is 6.36. The Kier molecular flexibility index (Phi) is 1.54. The van der Waals surface area contributed by atoms with E-state index in [1.54, 1.807) is 0 Å². The lowest BCUT2D eigenvalue weighted by Gasteiger charge is -2.10. The summed E-state index contributed by atoms with van der Waals surface area (Å²) in [6, 6.07) is -0.0596. The van der Waals surface area contributed by atoms with Gasteiger partial charge in [-0.15, -0.1) is 0 Å². The van der Waals surface area contributed by atoms with Crippen molar-refractivity contribution in [3.63, 3.8) is 0 Å². The zero-order valence-electron chi connectivity index (χ0n) is 6.43. The van der Waals surface area contributed by atoms with E-state index in [1.807, 2.05) is 0 Å². The van der Waals surface area contributed by atoms with Crippen molar-refractivity contribution in [1.82, 2.24) is 0 Å². The van der Waals surface area contributed by atoms with Crippen LogP contribution in [0.15, 0.2) is 5.16 Å². The molecule has 0 spiro atoms. The van der Waals surface area contributed by atoms with Crippen molar-refractivity contribution in [1.29, 1.82) is 0 Å². The van der Waals surface area contributed by atoms with Crippen molar-refractivity contribution in [2.24, 2.45) is 16.8 Å². The summed E-state index contributed by atoms with van der Waals surface area (Å²) in [6.07, 6.45) is 1.40. The molecule has 0 bridgehead atoms. The van der Waals surface area contributed by atoms with E-state index in [0.717, 1.165) is 12.8 Å². The Morgan fingerprint density at radius 2 is 2.42 bits per heavy atom. The molecule has 3 atom stereocenters. The molecular formula is C7H10N2O3. The van der Waals surface area contributed by atoms with Gasteiger partial charge in [0.05, 0.1) is 5.92 Å². The average molecular weight is 170 g/mol. The molecule has 0 aromatic carbocycles. The van der Waals surface area contributed by atoms with E-state index < -0.39 is 5.97 Å². The summed E-state index contributed by atoms with van der Waals surface area (Å²) in [5, 5.41) is 12.2. The molecule has 0 amide bonds. The van der Waals surface area contributed by atoms with Gasteiger partial charge >= 0.3 is 5.97 Å². The van der Waals surface area contributed by atoms with Gasteiger partial charge in [-0.3, -0.25) is 0 Å². The predicted octanol–water partition coefficient (Wildman–Crippen LogP) is -0.437. The monoisotopic (exact) mass is 170 g/mol. The van der Waals surface area contributed by atoms with Crippen molar-refractivity contribution < 1.29 is 14.7 Å². The lowest BCUT2D eigenvalue weighted by molar-refractivity contribution is -0.129. The molecule has 1 saturated carbocycles. The fourth-order valence-corrected chi connectivity index (χ4v) is 1.83. The standard InChI is InChI=1S/C7H10N2O3/c8-4-2-1-3-5(7(10)11)9-12-6(3)4/h3-4,6H,1-2,8H2,(H,10,11)/t3-,4-,6+/m0/s1. The maximum absolute atomic E-state index is 10.6. The molecule has 0 saturated heterocycles. The summed E-state index contributed by atoms with van der Waals surface area (Å²) in [7, 11) is 0. The number of rotatable bonds is 1. The largest absolute Gasteiger partial charge is 0.477 e. The summed E-state index contributed by atoms with van der Waals surface area (Å²) in [4.78, 5) is 15.5. The van der Waals surface area contributed by atoms with Gasteiger partial charge in [0.2, 0.25) is 0 Å². The van der Waals surface area contributed by atoms with E-state index in [-0.39, 0.29) is 23.8 Å². The summed E-state index contributed by atoms with van der Waals surface area (Å²) in [5.41, 5.74) is 5.82. The van der Waals surface area contributed by atoms with Crippen molar-refractivity contribution >= 4 is 11.7 Å². The van der Waals surface area contributed by atoms with Gasteiger partial charge in [-0.05, 0) is 12.8 Å². The average Bonchev–Trinajstić information content (AvgIpc) is 2.53. The second kappa shape index (κ2) is 2.45. The highest BCUT2D eigenvalue weighted by Crippen LogP contribution is 2.33. The molecule has 1 aliphatic carbocycles. The summed E-state index contributed by atoms with van der Waals surface area (Å²) < 4.78 is 0. The Hall–Kier alpha value is -1.10. The van der Waals surface area contributed by atoms with Crippen LogP contribution in [-0.2, 0) is 9.63 Å². The third-order valence-electron chi connectivity index (χ3n) is 2.47. The zero-order valence-corrected chi connectivity index (χ0v) is 6.43. The first-order valence-electron chi connectivity index (χ1n) is 3.92. The van der Waals surface area contributed by atoms with E-state index in [4.69, 9.17) is 15.7 Å². The molecule has 0 aromatic heterocycles. The topological polar surface area (TPSA) is 84.9 Å². The van der Waals surface area contributed by atoms with Crippen LogP contribution in [0, 0.1) is 5.92 Å². The van der Waals surface area contributed by atoms with Gasteiger partial charge in [0.15, 0.2) is 11.8 Å². The molecule has 1 heterocycles. The van der Waals surface area contributed by atoms with Gasteiger partial charge < -0.3 is 15.7 Å². The predicted molar refractivity (Wildman–Crippen MR) is 40.6 cm³/mol. The molecular weight excluding hydrogens is 160 g/mol. The Labute approximate surface area is 69.2 Å². The minimum absolute atomic E-state index is 0.0596. The van der Waals surface area contributed by atoms with E-state index in [2.05, 4.69) is 5.16 Å². The molecule has 3 N–H and O–H groups in total. The Balaban J connectivity index is 2.18. The van der Waals surface area contributed by atoms with Crippen LogP contribution in [0.1, 0.15) is 12.8 Å². The number of nitrogens with zero attached hydrogens (tertiary/aromatic N) is 1. The van der Waals surface area contributed by atoms with Crippen LogP contribution in [0.2, 0.25) is 0 Å². The molecule has 2 rings (SSSR count). The number of hydrogen-bond donors (Lipinski definition) is 2. The highest BCUT2D eigenvalue weighted by atomic mass is 16.6. The fraction of sp³-hybridized carbons (Fsp3) is 0.714. The van der Waals surface area contributed by atoms with Crippen molar-refractivity contribution in [2.75, 3.05) is 0 Å². The minimum Gasteiger partial charge on any atom is -0.477 e. The van der Waals surface area contributed by atoms with Crippen LogP contribution in [-0.4, -0.2) is 28.9 Å². The molecule has 0 unspecified atom stereocenters. The number of carboxylic acid groups (broad SMARTS) is 1. The first-order valence-corrected chi connectivity index (χ1v) is 3.92. The summed E-state index contributed by atoms with van der Waals surface area (Å²) in [6.45, 7) is 0. The van der Waals surface area contributed by atoms with Gasteiger partial charge in [0.25, 0.3) is 0 Å². The maximum atomic E-state index is 10.6. The van der Waals surface area contributed by atoms with Crippen molar-refractivity contribution in [2.45, 2.75) is 25.0 Å². The van der Waals surface area contributed by atoms with Crippen molar-refractivity contribution in [3.05, 3.63) is 0 Å². The molecule has 12 heavy (non-hydrogen) atoms. The molecule has 1 fully saturated rings. The smallest absolute Gasteiger partial charge is 0.354 e. The van der Waals surface area contributed by atoms with Crippen LogP contribution in [0.3, 0.4) is 0 Å².